The number of nitro groups is 1. The number of hydrogen-bond donors (Lipinski definition) is 0. The van der Waals surface area contributed by atoms with E-state index in [0.29, 0.717) is 0 Å². The van der Waals surface area contributed by atoms with Crippen LogP contribution in [0.4, 0.5) is 0 Å². The van der Waals surface area contributed by atoms with Crippen LogP contribution in [-0.4, -0.2) is 15.9 Å². The Bertz CT molecular complexity index is 285. The molecule has 4 nitrogen and oxygen atoms in total. The first-order chi connectivity index (χ1) is 5.61. The summed E-state index contributed by atoms with van der Waals surface area (Å²) in [5.74, 6) is 0. The Morgan fingerprint density at radius 2 is 2.33 bits per heavy atom. The summed E-state index contributed by atoms with van der Waals surface area (Å²) in [6, 6.07) is 0.223. The molecule has 1 aliphatic heterocycles. The van der Waals surface area contributed by atoms with Crippen LogP contribution in [-0.2, 0) is 0 Å². The van der Waals surface area contributed by atoms with Crippen molar-refractivity contribution in [3.63, 3.8) is 0 Å². The number of hydrogen-bond acceptors (Lipinski definition) is 3. The fourth-order valence-electron chi connectivity index (χ4n) is 0.834. The van der Waals surface area contributed by atoms with Crippen LogP contribution in [0, 0.1) is 10.1 Å². The Balaban J connectivity index is 2.88. The molecular weight excluding hydrogens is 156 g/mol. The molecule has 4 heteroatoms. The quantitative estimate of drug-likeness (QED) is 0.355. The van der Waals surface area contributed by atoms with E-state index in [0.717, 1.165) is 0 Å². The summed E-state index contributed by atoms with van der Waals surface area (Å²) in [6.07, 6.45) is 4.55. The summed E-state index contributed by atoms with van der Waals surface area (Å²) in [6.45, 7) is 3.91. The summed E-state index contributed by atoms with van der Waals surface area (Å²) in [5, 5.41) is 10.3. The maximum Gasteiger partial charge on any atom is 0.293 e. The molecule has 0 atom stereocenters. The molecule has 0 saturated heterocycles. The van der Waals surface area contributed by atoms with Gasteiger partial charge in [-0.2, -0.15) is 0 Å². The van der Waals surface area contributed by atoms with E-state index in [9.17, 15) is 10.1 Å². The summed E-state index contributed by atoms with van der Waals surface area (Å²) < 4.78 is 0. The Hall–Kier alpha value is -1.54. The maximum atomic E-state index is 10.3. The average Bonchev–Trinajstić information content (AvgIpc) is 2.04. The van der Waals surface area contributed by atoms with Crippen molar-refractivity contribution in [3.8, 4) is 0 Å². The second-order valence-electron chi connectivity index (χ2n) is 2.79. The molecule has 0 N–H and O–H groups in total. The molecule has 64 valence electrons. The Morgan fingerprint density at radius 1 is 1.67 bits per heavy atom. The normalized spacial score (nSPS) is 15.2. The van der Waals surface area contributed by atoms with E-state index in [-0.39, 0.29) is 11.7 Å². The highest BCUT2D eigenvalue weighted by molar-refractivity contribution is 5.15. The van der Waals surface area contributed by atoms with Crippen LogP contribution in [0.3, 0.4) is 0 Å². The van der Waals surface area contributed by atoms with Gasteiger partial charge in [0.15, 0.2) is 0 Å². The lowest BCUT2D eigenvalue weighted by molar-refractivity contribution is -0.420. The molecule has 0 aromatic carbocycles. The second kappa shape index (κ2) is 3.24. The first-order valence-corrected chi connectivity index (χ1v) is 3.67. The van der Waals surface area contributed by atoms with Gasteiger partial charge in [-0.05, 0) is 13.8 Å². The van der Waals surface area contributed by atoms with Gasteiger partial charge in [0, 0.05) is 12.2 Å². The lowest BCUT2D eigenvalue weighted by atomic mass is 10.3. The molecule has 0 fully saturated rings. The van der Waals surface area contributed by atoms with Gasteiger partial charge in [0.1, 0.15) is 0 Å². The van der Waals surface area contributed by atoms with Gasteiger partial charge in [-0.3, -0.25) is 10.1 Å². The third-order valence-corrected chi connectivity index (χ3v) is 1.54. The minimum atomic E-state index is -0.421. The molecule has 12 heavy (non-hydrogen) atoms. The first-order valence-electron chi connectivity index (χ1n) is 3.67. The lowest BCUT2D eigenvalue weighted by Gasteiger charge is -2.19. The second-order valence-corrected chi connectivity index (χ2v) is 2.79. The molecule has 0 aliphatic carbocycles. The van der Waals surface area contributed by atoms with Crippen LogP contribution in [0.5, 0.6) is 0 Å². The Kier molecular flexibility index (Phi) is 2.31. The lowest BCUT2D eigenvalue weighted by Crippen LogP contribution is -2.21. The van der Waals surface area contributed by atoms with Crippen molar-refractivity contribution in [1.82, 2.24) is 4.90 Å². The molecule has 0 amide bonds. The van der Waals surface area contributed by atoms with Crippen LogP contribution >= 0.6 is 0 Å². The summed E-state index contributed by atoms with van der Waals surface area (Å²) in [4.78, 5) is 11.7. The molecule has 0 aromatic heterocycles. The summed E-state index contributed by atoms with van der Waals surface area (Å²) >= 11 is 0. The zero-order valence-electron chi connectivity index (χ0n) is 7.02. The molecule has 1 rings (SSSR count). The number of nitrogens with zero attached hydrogens (tertiary/aromatic N) is 2. The third-order valence-electron chi connectivity index (χ3n) is 1.54. The molecule has 1 heterocycles. The topological polar surface area (TPSA) is 46.4 Å². The largest absolute Gasteiger partial charge is 0.339 e. The van der Waals surface area contributed by atoms with Gasteiger partial charge >= 0.3 is 0 Å². The van der Waals surface area contributed by atoms with Crippen molar-refractivity contribution in [2.75, 3.05) is 0 Å². The van der Waals surface area contributed by atoms with Crippen LogP contribution in [0.1, 0.15) is 13.8 Å². The van der Waals surface area contributed by atoms with E-state index in [1.165, 1.54) is 12.3 Å². The summed E-state index contributed by atoms with van der Waals surface area (Å²) in [5.41, 5.74) is 2.79. The standard InChI is InChI=1S/C8H10N2O2/c1-7(2)9-5-3-4-8(6-9)10(11)12/h4-7H,1-2H3. The van der Waals surface area contributed by atoms with Crippen LogP contribution in [0.2, 0.25) is 0 Å². The SMILES string of the molecule is CC(C)N1C=C=CC([N+](=O)[O-])=C1. The molecule has 0 aromatic rings. The molecule has 0 unspecified atom stereocenters. The fraction of sp³-hybridized carbons (Fsp3) is 0.375. The van der Waals surface area contributed by atoms with Crippen molar-refractivity contribution in [2.24, 2.45) is 0 Å². The molecular formula is C8H10N2O2. The predicted molar refractivity (Wildman–Crippen MR) is 44.7 cm³/mol. The zero-order chi connectivity index (χ0) is 9.14. The van der Waals surface area contributed by atoms with Crippen molar-refractivity contribution in [2.45, 2.75) is 19.9 Å². The van der Waals surface area contributed by atoms with Gasteiger partial charge in [0.25, 0.3) is 5.70 Å². The van der Waals surface area contributed by atoms with Crippen LogP contribution in [0.15, 0.2) is 29.9 Å². The van der Waals surface area contributed by atoms with Crippen molar-refractivity contribution >= 4 is 0 Å². The molecule has 0 spiro atoms. The molecule has 0 radical (unpaired) electrons. The Labute approximate surface area is 70.6 Å². The summed E-state index contributed by atoms with van der Waals surface area (Å²) in [7, 11) is 0. The van der Waals surface area contributed by atoms with E-state index in [2.05, 4.69) is 5.73 Å². The van der Waals surface area contributed by atoms with Gasteiger partial charge < -0.3 is 4.90 Å². The first kappa shape index (κ1) is 8.56. The smallest absolute Gasteiger partial charge is 0.293 e. The highest BCUT2D eigenvalue weighted by Gasteiger charge is 2.12. The zero-order valence-corrected chi connectivity index (χ0v) is 7.02. The monoisotopic (exact) mass is 166 g/mol. The minimum absolute atomic E-state index is 0.0752. The van der Waals surface area contributed by atoms with E-state index in [1.807, 2.05) is 13.8 Å². The van der Waals surface area contributed by atoms with Crippen molar-refractivity contribution in [3.05, 3.63) is 40.0 Å². The van der Waals surface area contributed by atoms with Gasteiger partial charge in [0.05, 0.1) is 17.2 Å². The van der Waals surface area contributed by atoms with E-state index in [1.54, 1.807) is 11.1 Å². The number of allylic oxidation sites excluding steroid dienone is 1. The molecule has 0 saturated carbocycles. The van der Waals surface area contributed by atoms with Gasteiger partial charge in [-0.1, -0.05) is 5.73 Å². The van der Waals surface area contributed by atoms with Crippen LogP contribution < -0.4 is 0 Å². The fourth-order valence-corrected chi connectivity index (χ4v) is 0.834. The number of rotatable bonds is 2. The van der Waals surface area contributed by atoms with Gasteiger partial charge in [-0.15, -0.1) is 0 Å². The third kappa shape index (κ3) is 1.74. The van der Waals surface area contributed by atoms with E-state index < -0.39 is 4.92 Å². The highest BCUT2D eigenvalue weighted by Crippen LogP contribution is 2.09. The Morgan fingerprint density at radius 3 is 2.83 bits per heavy atom. The molecule has 1 aliphatic rings. The van der Waals surface area contributed by atoms with Crippen LogP contribution in [0.25, 0.3) is 0 Å². The highest BCUT2D eigenvalue weighted by atomic mass is 16.6. The van der Waals surface area contributed by atoms with E-state index >= 15 is 0 Å². The maximum absolute atomic E-state index is 10.3. The molecule has 0 bridgehead atoms. The minimum Gasteiger partial charge on any atom is -0.339 e. The average molecular weight is 166 g/mol. The van der Waals surface area contributed by atoms with Gasteiger partial charge in [0.2, 0.25) is 0 Å². The predicted octanol–water partition coefficient (Wildman–Crippen LogP) is 1.50. The van der Waals surface area contributed by atoms with Crippen molar-refractivity contribution in [1.29, 1.82) is 0 Å². The van der Waals surface area contributed by atoms with E-state index in [4.69, 9.17) is 0 Å². The van der Waals surface area contributed by atoms with Crippen molar-refractivity contribution < 1.29 is 4.92 Å². The van der Waals surface area contributed by atoms with Gasteiger partial charge in [-0.25, -0.2) is 0 Å².